The first-order valence-electron chi connectivity index (χ1n) is 4.59. The number of ether oxygens (including phenoxy) is 1. The number of hydrogen-bond donors (Lipinski definition) is 1. The molecule has 0 aromatic heterocycles. The van der Waals surface area contributed by atoms with E-state index in [2.05, 4.69) is 0 Å². The van der Waals surface area contributed by atoms with E-state index in [1.807, 2.05) is 0 Å². The summed E-state index contributed by atoms with van der Waals surface area (Å²) in [6.45, 7) is 6.31. The molecule has 0 saturated carbocycles. The lowest BCUT2D eigenvalue weighted by Gasteiger charge is -2.20. The number of esters is 1. The van der Waals surface area contributed by atoms with Crippen molar-refractivity contribution in [3.8, 4) is 0 Å². The lowest BCUT2D eigenvalue weighted by molar-refractivity contribution is -0.157. The zero-order valence-electron chi connectivity index (χ0n) is 9.16. The number of rotatable bonds is 4. The van der Waals surface area contributed by atoms with Gasteiger partial charge in [0.15, 0.2) is 0 Å². The number of aliphatic hydroxyl groups excluding tert-OH is 1. The average Bonchev–Trinajstić information content (AvgIpc) is 1.96. The van der Waals surface area contributed by atoms with Gasteiger partial charge in [-0.3, -0.25) is 9.59 Å². The molecule has 0 aromatic carbocycles. The second-order valence-corrected chi connectivity index (χ2v) is 4.28. The van der Waals surface area contributed by atoms with Crippen LogP contribution in [0.25, 0.3) is 0 Å². The van der Waals surface area contributed by atoms with E-state index in [9.17, 15) is 9.59 Å². The third-order valence-electron chi connectivity index (χ3n) is 1.63. The Bertz CT molecular complexity index is 215. The van der Waals surface area contributed by atoms with Crippen LogP contribution in [0.1, 0.15) is 34.1 Å². The minimum atomic E-state index is -0.634. The highest BCUT2D eigenvalue weighted by Gasteiger charge is 2.22. The van der Waals surface area contributed by atoms with Crippen molar-refractivity contribution in [2.45, 2.75) is 39.7 Å². The number of carbonyl (C=O) groups excluding carboxylic acids is 2. The highest BCUT2D eigenvalue weighted by atomic mass is 16.6. The van der Waals surface area contributed by atoms with Crippen molar-refractivity contribution in [2.75, 3.05) is 6.61 Å². The van der Waals surface area contributed by atoms with Crippen molar-refractivity contribution >= 4 is 11.8 Å². The molecule has 0 rings (SSSR count). The van der Waals surface area contributed by atoms with Crippen LogP contribution in [-0.4, -0.2) is 29.1 Å². The van der Waals surface area contributed by atoms with Crippen molar-refractivity contribution < 1.29 is 19.4 Å². The maximum atomic E-state index is 11.2. The molecule has 1 N–H and O–H groups in total. The molecule has 0 unspecified atom stereocenters. The second-order valence-electron chi connectivity index (χ2n) is 4.28. The molecule has 0 aliphatic rings. The largest absolute Gasteiger partial charge is 0.460 e. The van der Waals surface area contributed by atoms with Gasteiger partial charge in [0.25, 0.3) is 0 Å². The summed E-state index contributed by atoms with van der Waals surface area (Å²) < 4.78 is 5.02. The van der Waals surface area contributed by atoms with Crippen molar-refractivity contribution in [3.63, 3.8) is 0 Å². The smallest absolute Gasteiger partial charge is 0.307 e. The Morgan fingerprint density at radius 1 is 1.36 bits per heavy atom. The van der Waals surface area contributed by atoms with Gasteiger partial charge in [-0.25, -0.2) is 0 Å². The fourth-order valence-electron chi connectivity index (χ4n) is 0.921. The fourth-order valence-corrected chi connectivity index (χ4v) is 0.921. The molecule has 4 nitrogen and oxygen atoms in total. The second kappa shape index (κ2) is 5.10. The molecule has 0 heterocycles. The van der Waals surface area contributed by atoms with Crippen molar-refractivity contribution in [2.24, 2.45) is 5.92 Å². The van der Waals surface area contributed by atoms with E-state index in [4.69, 9.17) is 9.84 Å². The Balaban J connectivity index is 4.11. The first-order valence-corrected chi connectivity index (χ1v) is 4.59. The molecule has 82 valence electrons. The summed E-state index contributed by atoms with van der Waals surface area (Å²) in [5, 5.41) is 8.82. The zero-order valence-corrected chi connectivity index (χ0v) is 9.16. The SMILES string of the molecule is CC(=O)[C@@H](CO)CC(=O)OC(C)(C)C. The number of hydrogen-bond acceptors (Lipinski definition) is 4. The van der Waals surface area contributed by atoms with Crippen LogP contribution < -0.4 is 0 Å². The molecular weight excluding hydrogens is 184 g/mol. The van der Waals surface area contributed by atoms with Gasteiger partial charge in [0.05, 0.1) is 18.9 Å². The molecule has 0 aliphatic carbocycles. The monoisotopic (exact) mass is 202 g/mol. The Morgan fingerprint density at radius 2 is 1.86 bits per heavy atom. The van der Waals surface area contributed by atoms with E-state index < -0.39 is 17.5 Å². The van der Waals surface area contributed by atoms with Crippen molar-refractivity contribution in [1.29, 1.82) is 0 Å². The molecule has 0 spiro atoms. The van der Waals surface area contributed by atoms with Gasteiger partial charge >= 0.3 is 5.97 Å². The van der Waals surface area contributed by atoms with Crippen LogP contribution in [0.3, 0.4) is 0 Å². The molecule has 0 saturated heterocycles. The van der Waals surface area contributed by atoms with E-state index >= 15 is 0 Å². The predicted octanol–water partition coefficient (Wildman–Crippen LogP) is 0.916. The van der Waals surface area contributed by atoms with E-state index in [1.165, 1.54) is 6.92 Å². The first kappa shape index (κ1) is 13.1. The lowest BCUT2D eigenvalue weighted by atomic mass is 10.0. The molecule has 0 bridgehead atoms. The topological polar surface area (TPSA) is 63.6 Å². The summed E-state index contributed by atoms with van der Waals surface area (Å²) in [4.78, 5) is 22.2. The van der Waals surface area contributed by atoms with Crippen LogP contribution in [0.2, 0.25) is 0 Å². The lowest BCUT2D eigenvalue weighted by Crippen LogP contribution is -2.27. The quantitative estimate of drug-likeness (QED) is 0.688. The normalized spacial score (nSPS) is 13.5. The Kier molecular flexibility index (Phi) is 4.77. The van der Waals surface area contributed by atoms with E-state index in [0.717, 1.165) is 0 Å². The minimum absolute atomic E-state index is 0.0525. The van der Waals surface area contributed by atoms with Gasteiger partial charge in [-0.1, -0.05) is 0 Å². The number of aliphatic hydroxyl groups is 1. The van der Waals surface area contributed by atoms with Crippen LogP contribution in [0.4, 0.5) is 0 Å². The van der Waals surface area contributed by atoms with Gasteiger partial charge in [-0.05, 0) is 27.7 Å². The highest BCUT2D eigenvalue weighted by Crippen LogP contribution is 2.12. The standard InChI is InChI=1S/C10H18O4/c1-7(12)8(6-11)5-9(13)14-10(2,3)4/h8,11H,5-6H2,1-4H3/t8-/m1/s1. The summed E-state index contributed by atoms with van der Waals surface area (Å²) in [5.41, 5.74) is -0.548. The number of ketones is 1. The molecule has 0 amide bonds. The molecule has 0 aliphatic heterocycles. The Labute approximate surface area is 84.3 Å². The Hall–Kier alpha value is -0.900. The maximum absolute atomic E-state index is 11.2. The predicted molar refractivity (Wildman–Crippen MR) is 51.7 cm³/mol. The maximum Gasteiger partial charge on any atom is 0.307 e. The van der Waals surface area contributed by atoms with Crippen LogP contribution in [0.15, 0.2) is 0 Å². The molecule has 14 heavy (non-hydrogen) atoms. The van der Waals surface area contributed by atoms with Gasteiger partial charge in [0.1, 0.15) is 11.4 Å². The van der Waals surface area contributed by atoms with Gasteiger partial charge in [-0.2, -0.15) is 0 Å². The number of carbonyl (C=O) groups is 2. The molecular formula is C10H18O4. The molecule has 0 radical (unpaired) electrons. The highest BCUT2D eigenvalue weighted by molar-refractivity contribution is 5.83. The van der Waals surface area contributed by atoms with Gasteiger partial charge in [0.2, 0.25) is 0 Å². The molecule has 1 atom stereocenters. The Morgan fingerprint density at radius 3 is 2.14 bits per heavy atom. The zero-order chi connectivity index (χ0) is 11.4. The molecule has 0 fully saturated rings. The van der Waals surface area contributed by atoms with Gasteiger partial charge in [-0.15, -0.1) is 0 Å². The van der Waals surface area contributed by atoms with Crippen LogP contribution >= 0.6 is 0 Å². The third-order valence-corrected chi connectivity index (χ3v) is 1.63. The van der Waals surface area contributed by atoms with Crippen molar-refractivity contribution in [3.05, 3.63) is 0 Å². The molecule has 4 heteroatoms. The summed E-state index contributed by atoms with van der Waals surface area (Å²) in [5.74, 6) is -1.28. The summed E-state index contributed by atoms with van der Waals surface area (Å²) in [7, 11) is 0. The van der Waals surface area contributed by atoms with E-state index in [1.54, 1.807) is 20.8 Å². The third kappa shape index (κ3) is 5.70. The summed E-state index contributed by atoms with van der Waals surface area (Å²) in [6.07, 6.45) is -0.0525. The average molecular weight is 202 g/mol. The van der Waals surface area contributed by atoms with Crippen LogP contribution in [0, 0.1) is 5.92 Å². The van der Waals surface area contributed by atoms with E-state index in [0.29, 0.717) is 0 Å². The van der Waals surface area contributed by atoms with E-state index in [-0.39, 0.29) is 18.8 Å². The fraction of sp³-hybridized carbons (Fsp3) is 0.800. The number of Topliss-reactive ketones (excluding diaryl/α,β-unsaturated/α-hetero) is 1. The molecule has 0 aromatic rings. The summed E-state index contributed by atoms with van der Waals surface area (Å²) >= 11 is 0. The van der Waals surface area contributed by atoms with Crippen LogP contribution in [0.5, 0.6) is 0 Å². The van der Waals surface area contributed by atoms with Gasteiger partial charge in [0, 0.05) is 0 Å². The van der Waals surface area contributed by atoms with Gasteiger partial charge < -0.3 is 9.84 Å². The minimum Gasteiger partial charge on any atom is -0.460 e. The van der Waals surface area contributed by atoms with Crippen molar-refractivity contribution in [1.82, 2.24) is 0 Å². The first-order chi connectivity index (χ1) is 6.26. The summed E-state index contributed by atoms with van der Waals surface area (Å²) in [6, 6.07) is 0. The van der Waals surface area contributed by atoms with Crippen LogP contribution in [-0.2, 0) is 14.3 Å².